The molecule has 0 saturated heterocycles. The molecule has 0 aromatic rings. The molecule has 0 unspecified atom stereocenters. The molecule has 0 spiro atoms. The summed E-state index contributed by atoms with van der Waals surface area (Å²) in [7, 11) is 0. The van der Waals surface area contributed by atoms with Crippen molar-refractivity contribution in [2.45, 2.75) is 51.1 Å². The quantitative estimate of drug-likeness (QED) is 0.492. The number of nitrogens with one attached hydrogen (secondary N) is 1. The normalized spacial score (nSPS) is 11.2. The Morgan fingerprint density at radius 3 is 2.12 bits per heavy atom. The van der Waals surface area contributed by atoms with Crippen LogP contribution in [0.3, 0.4) is 0 Å². The molecule has 0 radical (unpaired) electrons. The van der Waals surface area contributed by atoms with Crippen LogP contribution in [0.2, 0.25) is 0 Å². The Hall–Kier alpha value is -1.00. The second-order valence-corrected chi connectivity index (χ2v) is 3.95. The van der Waals surface area contributed by atoms with Crippen molar-refractivity contribution in [3.8, 4) is 0 Å². The SMILES string of the molecule is C=CCCCCCCCCNC(=O)C(F)(F)F. The van der Waals surface area contributed by atoms with Crippen LogP contribution >= 0.6 is 0 Å². The van der Waals surface area contributed by atoms with E-state index in [2.05, 4.69) is 6.58 Å². The van der Waals surface area contributed by atoms with Crippen LogP contribution in [0.1, 0.15) is 44.9 Å². The third kappa shape index (κ3) is 9.90. The van der Waals surface area contributed by atoms with E-state index in [9.17, 15) is 18.0 Å². The summed E-state index contributed by atoms with van der Waals surface area (Å²) in [5.41, 5.74) is 0. The number of hydrogen-bond acceptors (Lipinski definition) is 1. The highest BCUT2D eigenvalue weighted by Crippen LogP contribution is 2.14. The van der Waals surface area contributed by atoms with Gasteiger partial charge in [0.1, 0.15) is 0 Å². The molecular formula is C12H20F3NO. The van der Waals surface area contributed by atoms with Gasteiger partial charge in [0.15, 0.2) is 0 Å². The van der Waals surface area contributed by atoms with Crippen molar-refractivity contribution >= 4 is 5.91 Å². The molecule has 0 aliphatic rings. The molecule has 1 N–H and O–H groups in total. The first-order chi connectivity index (χ1) is 7.98. The zero-order valence-corrected chi connectivity index (χ0v) is 9.98. The lowest BCUT2D eigenvalue weighted by atomic mass is 10.1. The standard InChI is InChI=1S/C12H20F3NO/c1-2-3-4-5-6-7-8-9-10-16-11(17)12(13,14)15/h2H,1,3-10H2,(H,16,17). The van der Waals surface area contributed by atoms with Gasteiger partial charge < -0.3 is 5.32 Å². The number of rotatable bonds is 9. The molecule has 0 heterocycles. The maximum absolute atomic E-state index is 11.8. The van der Waals surface area contributed by atoms with E-state index < -0.39 is 12.1 Å². The highest BCUT2D eigenvalue weighted by atomic mass is 19.4. The van der Waals surface area contributed by atoms with E-state index in [1.165, 1.54) is 0 Å². The van der Waals surface area contributed by atoms with Crippen LogP contribution < -0.4 is 5.32 Å². The Bertz CT molecular complexity index is 226. The van der Waals surface area contributed by atoms with Crippen LogP contribution in [0.4, 0.5) is 13.2 Å². The molecule has 100 valence electrons. The zero-order chi connectivity index (χ0) is 13.1. The summed E-state index contributed by atoms with van der Waals surface area (Å²) in [6, 6.07) is 0. The minimum atomic E-state index is -4.76. The minimum absolute atomic E-state index is 0.102. The van der Waals surface area contributed by atoms with Crippen LogP contribution in [-0.2, 0) is 4.79 Å². The summed E-state index contributed by atoms with van der Waals surface area (Å²) < 4.78 is 35.3. The van der Waals surface area contributed by atoms with Gasteiger partial charge in [0.25, 0.3) is 0 Å². The van der Waals surface area contributed by atoms with Gasteiger partial charge in [0, 0.05) is 6.54 Å². The number of carbonyl (C=O) groups is 1. The molecule has 17 heavy (non-hydrogen) atoms. The Kier molecular flexibility index (Phi) is 8.54. The van der Waals surface area contributed by atoms with Gasteiger partial charge in [0.05, 0.1) is 0 Å². The fourth-order valence-electron chi connectivity index (χ4n) is 1.42. The summed E-state index contributed by atoms with van der Waals surface area (Å²) in [6.45, 7) is 3.73. The van der Waals surface area contributed by atoms with Crippen molar-refractivity contribution < 1.29 is 18.0 Å². The number of hydrogen-bond donors (Lipinski definition) is 1. The van der Waals surface area contributed by atoms with Crippen molar-refractivity contribution in [3.05, 3.63) is 12.7 Å². The first-order valence-electron chi connectivity index (χ1n) is 5.94. The second kappa shape index (κ2) is 9.07. The molecule has 2 nitrogen and oxygen atoms in total. The summed E-state index contributed by atoms with van der Waals surface area (Å²) in [4.78, 5) is 10.4. The van der Waals surface area contributed by atoms with Gasteiger partial charge >= 0.3 is 12.1 Å². The van der Waals surface area contributed by atoms with E-state index >= 15 is 0 Å². The molecule has 0 aliphatic carbocycles. The van der Waals surface area contributed by atoms with Gasteiger partial charge in [-0.05, 0) is 19.3 Å². The van der Waals surface area contributed by atoms with Crippen molar-refractivity contribution in [2.24, 2.45) is 0 Å². The van der Waals surface area contributed by atoms with Gasteiger partial charge in [-0.25, -0.2) is 0 Å². The van der Waals surface area contributed by atoms with E-state index in [1.54, 1.807) is 0 Å². The Balaban J connectivity index is 3.24. The highest BCUT2D eigenvalue weighted by molar-refractivity contribution is 5.81. The molecule has 1 amide bonds. The molecule has 0 aliphatic heterocycles. The zero-order valence-electron chi connectivity index (χ0n) is 9.98. The predicted octanol–water partition coefficient (Wildman–Crippen LogP) is 3.58. The van der Waals surface area contributed by atoms with E-state index in [4.69, 9.17) is 0 Å². The van der Waals surface area contributed by atoms with Crippen molar-refractivity contribution in [2.75, 3.05) is 6.54 Å². The van der Waals surface area contributed by atoms with Gasteiger partial charge in [-0.15, -0.1) is 6.58 Å². The molecule has 0 aromatic carbocycles. The molecule has 0 rings (SSSR count). The smallest absolute Gasteiger partial charge is 0.348 e. The summed E-state index contributed by atoms with van der Waals surface area (Å²) >= 11 is 0. The van der Waals surface area contributed by atoms with Crippen LogP contribution in [0.25, 0.3) is 0 Å². The molecule has 0 saturated carbocycles. The molecular weight excluding hydrogens is 231 g/mol. The Morgan fingerprint density at radius 1 is 1.06 bits per heavy atom. The van der Waals surface area contributed by atoms with Crippen LogP contribution in [-0.4, -0.2) is 18.6 Å². The minimum Gasteiger partial charge on any atom is -0.348 e. The topological polar surface area (TPSA) is 29.1 Å². The van der Waals surface area contributed by atoms with Crippen LogP contribution in [0.15, 0.2) is 12.7 Å². The number of alkyl halides is 3. The first kappa shape index (κ1) is 16.0. The first-order valence-corrected chi connectivity index (χ1v) is 5.94. The number of allylic oxidation sites excluding steroid dienone is 1. The lowest BCUT2D eigenvalue weighted by Crippen LogP contribution is -2.37. The number of amides is 1. The third-order valence-electron chi connectivity index (χ3n) is 2.38. The monoisotopic (exact) mass is 251 g/mol. The Morgan fingerprint density at radius 2 is 1.59 bits per heavy atom. The fourth-order valence-corrected chi connectivity index (χ4v) is 1.42. The number of carbonyl (C=O) groups excluding carboxylic acids is 1. The lowest BCUT2D eigenvalue weighted by molar-refractivity contribution is -0.173. The average Bonchev–Trinajstić information content (AvgIpc) is 2.25. The van der Waals surface area contributed by atoms with Gasteiger partial charge in [-0.1, -0.05) is 31.8 Å². The van der Waals surface area contributed by atoms with Crippen molar-refractivity contribution in [3.63, 3.8) is 0 Å². The van der Waals surface area contributed by atoms with E-state index in [0.717, 1.165) is 38.5 Å². The number of halogens is 3. The third-order valence-corrected chi connectivity index (χ3v) is 2.38. The summed E-state index contributed by atoms with van der Waals surface area (Å²) in [6.07, 6.45) is 3.92. The largest absolute Gasteiger partial charge is 0.471 e. The summed E-state index contributed by atoms with van der Waals surface area (Å²) in [5.74, 6) is -1.84. The maximum Gasteiger partial charge on any atom is 0.471 e. The van der Waals surface area contributed by atoms with Crippen LogP contribution in [0.5, 0.6) is 0 Å². The van der Waals surface area contributed by atoms with E-state index in [1.807, 2.05) is 11.4 Å². The van der Waals surface area contributed by atoms with Crippen molar-refractivity contribution in [1.82, 2.24) is 5.32 Å². The second-order valence-electron chi connectivity index (χ2n) is 3.95. The molecule has 0 atom stereocenters. The fraction of sp³-hybridized carbons (Fsp3) is 0.750. The van der Waals surface area contributed by atoms with E-state index in [0.29, 0.717) is 6.42 Å². The molecule has 0 aromatic heterocycles. The molecule has 0 bridgehead atoms. The predicted molar refractivity (Wildman–Crippen MR) is 61.6 cm³/mol. The average molecular weight is 251 g/mol. The van der Waals surface area contributed by atoms with Gasteiger partial charge in [-0.3, -0.25) is 4.79 Å². The summed E-state index contributed by atoms with van der Waals surface area (Å²) in [5, 5.41) is 1.86. The Labute approximate surface area is 100 Å². The van der Waals surface area contributed by atoms with Gasteiger partial charge in [-0.2, -0.15) is 13.2 Å². The van der Waals surface area contributed by atoms with Crippen LogP contribution in [0, 0.1) is 0 Å². The maximum atomic E-state index is 11.8. The lowest BCUT2D eigenvalue weighted by Gasteiger charge is -2.07. The van der Waals surface area contributed by atoms with Crippen molar-refractivity contribution in [1.29, 1.82) is 0 Å². The van der Waals surface area contributed by atoms with E-state index in [-0.39, 0.29) is 6.54 Å². The number of unbranched alkanes of at least 4 members (excludes halogenated alkanes) is 6. The van der Waals surface area contributed by atoms with Gasteiger partial charge in [0.2, 0.25) is 0 Å². The highest BCUT2D eigenvalue weighted by Gasteiger charge is 2.38. The molecule has 5 heteroatoms. The molecule has 0 fully saturated rings.